The fourth-order valence-corrected chi connectivity index (χ4v) is 3.21. The molecule has 0 spiro atoms. The predicted octanol–water partition coefficient (Wildman–Crippen LogP) is 8.28. The number of aliphatic imine (C=N–C) groups is 1. The van der Waals surface area contributed by atoms with Gasteiger partial charge in [-0.1, -0.05) is 75.9 Å². The third-order valence-electron chi connectivity index (χ3n) is 4.79. The molecule has 0 N–H and O–H groups in total. The Labute approximate surface area is 192 Å². The van der Waals surface area contributed by atoms with Crippen LogP contribution in [0.3, 0.4) is 0 Å². The number of unbranched alkanes of at least 4 members (excludes halogenated alkanes) is 5. The molecule has 0 bridgehead atoms. The minimum absolute atomic E-state index is 0.125. The van der Waals surface area contributed by atoms with Gasteiger partial charge < -0.3 is 0 Å². The summed E-state index contributed by atoms with van der Waals surface area (Å²) in [5, 5.41) is 1.06. The first-order valence-electron chi connectivity index (χ1n) is 11.1. The largest absolute Gasteiger partial charge is 0.294 e. The van der Waals surface area contributed by atoms with Crippen molar-refractivity contribution >= 4 is 22.6 Å². The van der Waals surface area contributed by atoms with Crippen molar-refractivity contribution in [3.05, 3.63) is 83.8 Å². The number of carbonyl (C=O) groups excluding carboxylic acids is 1. The first-order valence-corrected chi connectivity index (χ1v) is 12.3. The SMILES string of the molecule is C=C(Cc1ccccc1)N=C(C)SC.CCCCCCCCC(=O)c1ccc(F)cc1. The number of rotatable bonds is 11. The van der Waals surface area contributed by atoms with E-state index in [9.17, 15) is 9.18 Å². The maximum atomic E-state index is 12.7. The Morgan fingerprint density at radius 1 is 0.968 bits per heavy atom. The Morgan fingerprint density at radius 3 is 2.19 bits per heavy atom. The molecule has 2 nitrogen and oxygen atoms in total. The third-order valence-corrected chi connectivity index (χ3v) is 5.47. The normalized spacial score (nSPS) is 10.9. The minimum Gasteiger partial charge on any atom is -0.294 e. The van der Waals surface area contributed by atoms with Crippen LogP contribution in [0.25, 0.3) is 0 Å². The summed E-state index contributed by atoms with van der Waals surface area (Å²) >= 11 is 1.65. The molecule has 0 aliphatic heterocycles. The van der Waals surface area contributed by atoms with Gasteiger partial charge in [-0.15, -0.1) is 11.8 Å². The average molecular weight is 442 g/mol. The van der Waals surface area contributed by atoms with E-state index in [1.54, 1.807) is 23.9 Å². The summed E-state index contributed by atoms with van der Waals surface area (Å²) in [6.45, 7) is 8.13. The second-order valence-corrected chi connectivity index (χ2v) is 8.51. The number of halogens is 1. The molecule has 0 aliphatic rings. The summed E-state index contributed by atoms with van der Waals surface area (Å²) in [4.78, 5) is 16.1. The van der Waals surface area contributed by atoms with Gasteiger partial charge in [-0.05, 0) is 49.4 Å². The van der Waals surface area contributed by atoms with Crippen molar-refractivity contribution in [2.24, 2.45) is 4.99 Å². The van der Waals surface area contributed by atoms with Crippen molar-refractivity contribution in [3.63, 3.8) is 0 Å². The van der Waals surface area contributed by atoms with Crippen LogP contribution in [0.15, 0.2) is 71.9 Å². The molecule has 2 rings (SSSR count). The molecule has 0 aliphatic carbocycles. The molecule has 0 saturated heterocycles. The van der Waals surface area contributed by atoms with E-state index in [1.807, 2.05) is 31.4 Å². The molecule has 0 saturated carbocycles. The van der Waals surface area contributed by atoms with Crippen LogP contribution in [0.5, 0.6) is 0 Å². The van der Waals surface area contributed by atoms with Crippen LogP contribution in [0.1, 0.15) is 74.7 Å². The fraction of sp³-hybridized carbons (Fsp3) is 0.407. The highest BCUT2D eigenvalue weighted by Crippen LogP contribution is 2.12. The Hall–Kier alpha value is -2.20. The van der Waals surface area contributed by atoms with Gasteiger partial charge >= 0.3 is 0 Å². The molecule has 0 atom stereocenters. The van der Waals surface area contributed by atoms with E-state index in [-0.39, 0.29) is 11.6 Å². The monoisotopic (exact) mass is 441 g/mol. The van der Waals surface area contributed by atoms with Gasteiger partial charge in [-0.2, -0.15) is 0 Å². The topological polar surface area (TPSA) is 29.4 Å². The van der Waals surface area contributed by atoms with Gasteiger partial charge in [-0.25, -0.2) is 4.39 Å². The van der Waals surface area contributed by atoms with Crippen molar-refractivity contribution in [1.29, 1.82) is 0 Å². The fourth-order valence-electron chi connectivity index (χ4n) is 2.99. The van der Waals surface area contributed by atoms with Crippen LogP contribution in [0.4, 0.5) is 4.39 Å². The van der Waals surface area contributed by atoms with Crippen LogP contribution in [-0.4, -0.2) is 17.1 Å². The number of nitrogens with zero attached hydrogens (tertiary/aromatic N) is 1. The summed E-state index contributed by atoms with van der Waals surface area (Å²) < 4.78 is 12.7. The van der Waals surface area contributed by atoms with Crippen molar-refractivity contribution in [2.45, 2.75) is 65.2 Å². The van der Waals surface area contributed by atoms with Crippen molar-refractivity contribution in [2.75, 3.05) is 6.26 Å². The summed E-state index contributed by atoms with van der Waals surface area (Å²) in [7, 11) is 0. The molecular weight excluding hydrogens is 405 g/mol. The summed E-state index contributed by atoms with van der Waals surface area (Å²) in [5.41, 5.74) is 2.80. The van der Waals surface area contributed by atoms with Crippen LogP contribution in [0, 0.1) is 5.82 Å². The highest BCUT2D eigenvalue weighted by Gasteiger charge is 2.05. The molecule has 0 heterocycles. The van der Waals surface area contributed by atoms with E-state index in [1.165, 1.54) is 43.4 Å². The Kier molecular flexibility index (Phi) is 14.3. The van der Waals surface area contributed by atoms with E-state index < -0.39 is 0 Å². The lowest BCUT2D eigenvalue weighted by molar-refractivity contribution is 0.0979. The summed E-state index contributed by atoms with van der Waals surface area (Å²) in [5.74, 6) is -0.165. The zero-order valence-corrected chi connectivity index (χ0v) is 20.0. The maximum Gasteiger partial charge on any atom is 0.162 e. The second-order valence-electron chi connectivity index (χ2n) is 7.51. The van der Waals surface area contributed by atoms with E-state index in [0.29, 0.717) is 12.0 Å². The first kappa shape index (κ1) is 26.8. The van der Waals surface area contributed by atoms with Gasteiger partial charge in [0.15, 0.2) is 5.78 Å². The van der Waals surface area contributed by atoms with Gasteiger partial charge in [0.05, 0.1) is 5.04 Å². The van der Waals surface area contributed by atoms with Gasteiger partial charge in [0.1, 0.15) is 5.82 Å². The molecule has 2 aromatic rings. The van der Waals surface area contributed by atoms with Crippen molar-refractivity contribution < 1.29 is 9.18 Å². The Balaban J connectivity index is 0.000000316. The molecule has 0 radical (unpaired) electrons. The molecule has 0 amide bonds. The van der Waals surface area contributed by atoms with Gasteiger partial charge in [0.25, 0.3) is 0 Å². The maximum absolute atomic E-state index is 12.7. The second kappa shape index (κ2) is 16.5. The predicted molar refractivity (Wildman–Crippen MR) is 135 cm³/mol. The van der Waals surface area contributed by atoms with Crippen LogP contribution in [-0.2, 0) is 6.42 Å². The van der Waals surface area contributed by atoms with Crippen LogP contribution in [0.2, 0.25) is 0 Å². The summed E-state index contributed by atoms with van der Waals surface area (Å²) in [6, 6.07) is 16.1. The number of hydrogen-bond donors (Lipinski definition) is 0. The summed E-state index contributed by atoms with van der Waals surface area (Å²) in [6.07, 6.45) is 10.5. The quantitative estimate of drug-likeness (QED) is 0.152. The van der Waals surface area contributed by atoms with Crippen LogP contribution >= 0.6 is 11.8 Å². The number of carbonyl (C=O) groups is 1. The smallest absolute Gasteiger partial charge is 0.162 e. The van der Waals surface area contributed by atoms with E-state index in [0.717, 1.165) is 30.0 Å². The Morgan fingerprint density at radius 2 is 1.58 bits per heavy atom. The zero-order chi connectivity index (χ0) is 22.9. The highest BCUT2D eigenvalue weighted by atomic mass is 32.2. The molecule has 4 heteroatoms. The molecular formula is C27H36FNOS. The van der Waals surface area contributed by atoms with Gasteiger partial charge in [-0.3, -0.25) is 9.79 Å². The minimum atomic E-state index is -0.291. The lowest BCUT2D eigenvalue weighted by Gasteiger charge is -2.01. The van der Waals surface area contributed by atoms with Crippen molar-refractivity contribution in [3.8, 4) is 0 Å². The van der Waals surface area contributed by atoms with Crippen molar-refractivity contribution in [1.82, 2.24) is 0 Å². The molecule has 168 valence electrons. The zero-order valence-electron chi connectivity index (χ0n) is 19.2. The standard InChI is InChI=1S/C15H21FO.C12H15NS/c1-2-3-4-5-6-7-8-15(17)13-9-11-14(16)12-10-13;1-10(13-11(2)14-3)9-12-7-5-4-6-8-12/h9-12H,2-8H2,1H3;4-8H,1,9H2,2-3H3. The number of hydrogen-bond acceptors (Lipinski definition) is 3. The lowest BCUT2D eigenvalue weighted by atomic mass is 10.0. The molecule has 0 aromatic heterocycles. The van der Waals surface area contributed by atoms with E-state index in [4.69, 9.17) is 0 Å². The number of thioether (sulfide) groups is 1. The third kappa shape index (κ3) is 13.0. The van der Waals surface area contributed by atoms with Gasteiger partial charge in [0, 0.05) is 24.1 Å². The molecule has 2 aromatic carbocycles. The molecule has 0 fully saturated rings. The number of ketones is 1. The molecule has 0 unspecified atom stereocenters. The molecule has 31 heavy (non-hydrogen) atoms. The Bertz CT molecular complexity index is 800. The highest BCUT2D eigenvalue weighted by molar-refractivity contribution is 8.13. The lowest BCUT2D eigenvalue weighted by Crippen LogP contribution is -1.98. The first-order chi connectivity index (χ1) is 15.0. The van der Waals surface area contributed by atoms with E-state index in [2.05, 4.69) is 30.6 Å². The van der Waals surface area contributed by atoms with Crippen LogP contribution < -0.4 is 0 Å². The van der Waals surface area contributed by atoms with Gasteiger partial charge in [0.2, 0.25) is 0 Å². The number of benzene rings is 2. The van der Waals surface area contributed by atoms with E-state index >= 15 is 0 Å². The number of Topliss-reactive ketones (excluding diaryl/α,β-unsaturated/α-hetero) is 1. The average Bonchev–Trinajstić information content (AvgIpc) is 2.77. The number of allylic oxidation sites excluding steroid dienone is 1.